The van der Waals surface area contributed by atoms with E-state index in [0.29, 0.717) is 11.3 Å². The Morgan fingerprint density at radius 2 is 1.88 bits per heavy atom. The second-order valence-corrected chi connectivity index (χ2v) is 6.81. The van der Waals surface area contributed by atoms with Crippen LogP contribution in [0.3, 0.4) is 0 Å². The van der Waals surface area contributed by atoms with Gasteiger partial charge in [0.15, 0.2) is 0 Å². The summed E-state index contributed by atoms with van der Waals surface area (Å²) >= 11 is 0.542. The normalized spacial score (nSPS) is 11.7. The van der Waals surface area contributed by atoms with Gasteiger partial charge < -0.3 is 9.30 Å². The number of thiophene rings is 1. The van der Waals surface area contributed by atoms with E-state index in [-0.39, 0.29) is 11.4 Å². The molecule has 0 saturated carbocycles. The summed E-state index contributed by atoms with van der Waals surface area (Å²) in [6.07, 6.45) is -3.13. The molecule has 136 valence electrons. The van der Waals surface area contributed by atoms with Crippen molar-refractivity contribution in [2.24, 2.45) is 0 Å². The number of alkyl halides is 3. The van der Waals surface area contributed by atoms with Crippen LogP contribution in [0, 0.1) is 6.92 Å². The Balaban J connectivity index is 1.81. The van der Waals surface area contributed by atoms with Gasteiger partial charge in [-0.05, 0) is 31.2 Å². The lowest BCUT2D eigenvalue weighted by Gasteiger charge is -2.16. The molecular weight excluding hydrogens is 367 g/mol. The summed E-state index contributed by atoms with van der Waals surface area (Å²) in [4.78, 5) is 29.2. The average molecular weight is 381 g/mol. The lowest BCUT2D eigenvalue weighted by Crippen LogP contribution is -2.26. The number of hydrogen-bond acceptors (Lipinski definition) is 4. The van der Waals surface area contributed by atoms with Crippen LogP contribution in [0.2, 0.25) is 0 Å². The second-order valence-electron chi connectivity index (χ2n) is 5.72. The van der Waals surface area contributed by atoms with E-state index >= 15 is 0 Å². The molecule has 3 aromatic heterocycles. The van der Waals surface area contributed by atoms with Gasteiger partial charge in [0.25, 0.3) is 11.7 Å². The minimum absolute atomic E-state index is 0.0755. The molecule has 0 aliphatic rings. The lowest BCUT2D eigenvalue weighted by atomic mass is 10.3. The van der Waals surface area contributed by atoms with Crippen LogP contribution in [0.25, 0.3) is 5.65 Å². The number of carbonyl (C=O) groups excluding carboxylic acids is 2. The van der Waals surface area contributed by atoms with Gasteiger partial charge in [0.2, 0.25) is 0 Å². The molecule has 0 N–H and O–H groups in total. The first-order valence-electron chi connectivity index (χ1n) is 7.58. The van der Waals surface area contributed by atoms with Crippen molar-refractivity contribution >= 4 is 28.7 Å². The van der Waals surface area contributed by atoms with Gasteiger partial charge >= 0.3 is 6.18 Å². The fraction of sp³-hybridized carbons (Fsp3) is 0.235. The molecule has 3 aromatic rings. The summed E-state index contributed by atoms with van der Waals surface area (Å²) in [7, 11) is 1.55. The van der Waals surface area contributed by atoms with E-state index < -0.39 is 22.7 Å². The van der Waals surface area contributed by atoms with Crippen LogP contribution in [0.5, 0.6) is 0 Å². The molecule has 0 bridgehead atoms. The summed E-state index contributed by atoms with van der Waals surface area (Å²) in [6, 6.07) is 7.80. The third-order valence-corrected chi connectivity index (χ3v) is 4.93. The monoisotopic (exact) mass is 381 g/mol. The van der Waals surface area contributed by atoms with E-state index in [1.165, 1.54) is 11.0 Å². The summed E-state index contributed by atoms with van der Waals surface area (Å²) < 4.78 is 39.4. The van der Waals surface area contributed by atoms with Crippen molar-refractivity contribution in [3.63, 3.8) is 0 Å². The summed E-state index contributed by atoms with van der Waals surface area (Å²) in [6.45, 7) is 2.06. The van der Waals surface area contributed by atoms with Crippen molar-refractivity contribution in [1.82, 2.24) is 14.3 Å². The molecule has 3 heterocycles. The number of halogens is 3. The van der Waals surface area contributed by atoms with Gasteiger partial charge in [-0.15, -0.1) is 11.3 Å². The zero-order valence-electron chi connectivity index (χ0n) is 13.9. The molecule has 0 atom stereocenters. The number of rotatable bonds is 4. The molecule has 3 rings (SSSR count). The highest BCUT2D eigenvalue weighted by molar-refractivity contribution is 7.16. The summed E-state index contributed by atoms with van der Waals surface area (Å²) in [5, 5.41) is 0. The quantitative estimate of drug-likeness (QED) is 0.648. The molecule has 26 heavy (non-hydrogen) atoms. The predicted molar refractivity (Wildman–Crippen MR) is 90.4 cm³/mol. The van der Waals surface area contributed by atoms with Crippen molar-refractivity contribution in [2.45, 2.75) is 19.6 Å². The maximum atomic E-state index is 12.5. The first kappa shape index (κ1) is 18.1. The maximum absolute atomic E-state index is 12.5. The van der Waals surface area contributed by atoms with E-state index in [1.54, 1.807) is 7.05 Å². The Bertz CT molecular complexity index is 991. The highest BCUT2D eigenvalue weighted by Crippen LogP contribution is 2.27. The van der Waals surface area contributed by atoms with Crippen LogP contribution >= 0.6 is 11.3 Å². The van der Waals surface area contributed by atoms with Gasteiger partial charge in [0.05, 0.1) is 27.7 Å². The Hall–Kier alpha value is -2.68. The van der Waals surface area contributed by atoms with Gasteiger partial charge in [0, 0.05) is 13.2 Å². The highest BCUT2D eigenvalue weighted by atomic mass is 32.1. The van der Waals surface area contributed by atoms with Gasteiger partial charge in [0.1, 0.15) is 5.65 Å². The molecule has 9 heteroatoms. The predicted octanol–water partition coefficient (Wildman–Crippen LogP) is 3.72. The van der Waals surface area contributed by atoms with E-state index in [9.17, 15) is 22.8 Å². The van der Waals surface area contributed by atoms with Crippen molar-refractivity contribution in [3.8, 4) is 0 Å². The molecule has 0 aliphatic carbocycles. The molecule has 0 aliphatic heterocycles. The number of aryl methyl sites for hydroxylation is 1. The largest absolute Gasteiger partial charge is 0.455 e. The number of hydrogen-bond donors (Lipinski definition) is 0. The van der Waals surface area contributed by atoms with Gasteiger partial charge in [-0.2, -0.15) is 13.2 Å². The Labute approximate surface area is 150 Å². The number of nitrogens with zero attached hydrogens (tertiary/aromatic N) is 3. The molecule has 0 aromatic carbocycles. The number of aromatic nitrogens is 2. The zero-order valence-corrected chi connectivity index (χ0v) is 14.7. The average Bonchev–Trinajstić information content (AvgIpc) is 3.18. The van der Waals surface area contributed by atoms with Crippen LogP contribution in [0.1, 0.15) is 30.7 Å². The number of carbonyl (C=O) groups is 2. The molecule has 0 saturated heterocycles. The molecule has 0 radical (unpaired) electrons. The SMILES string of the molecule is Cc1nc2ccccn2c1CN(C)C(=O)c1ccc(C(=O)C(F)(F)F)s1. The van der Waals surface area contributed by atoms with E-state index in [0.717, 1.165) is 23.1 Å². The highest BCUT2D eigenvalue weighted by Gasteiger charge is 2.40. The molecular formula is C17H14F3N3O2S. The molecule has 0 unspecified atom stereocenters. The van der Waals surface area contributed by atoms with Crippen LogP contribution in [-0.4, -0.2) is 39.2 Å². The van der Waals surface area contributed by atoms with Crippen LogP contribution in [0.4, 0.5) is 13.2 Å². The van der Waals surface area contributed by atoms with Crippen molar-refractivity contribution in [2.75, 3.05) is 7.05 Å². The van der Waals surface area contributed by atoms with Crippen LogP contribution in [-0.2, 0) is 6.54 Å². The van der Waals surface area contributed by atoms with E-state index in [1.807, 2.05) is 35.7 Å². The Morgan fingerprint density at radius 1 is 1.19 bits per heavy atom. The molecule has 1 amide bonds. The fourth-order valence-corrected chi connectivity index (χ4v) is 3.51. The molecule has 0 spiro atoms. The molecule has 0 fully saturated rings. The third kappa shape index (κ3) is 3.34. The van der Waals surface area contributed by atoms with Crippen molar-refractivity contribution < 1.29 is 22.8 Å². The number of ketones is 1. The minimum Gasteiger partial charge on any atom is -0.335 e. The number of fused-ring (bicyclic) bond motifs is 1. The van der Waals surface area contributed by atoms with Gasteiger partial charge in [-0.25, -0.2) is 4.98 Å². The second kappa shape index (κ2) is 6.56. The number of amides is 1. The first-order valence-corrected chi connectivity index (χ1v) is 8.39. The van der Waals surface area contributed by atoms with E-state index in [4.69, 9.17) is 0 Å². The third-order valence-electron chi connectivity index (χ3n) is 3.86. The number of Topliss-reactive ketones (excluding diaryl/α,β-unsaturated/α-hetero) is 1. The number of pyridine rings is 1. The van der Waals surface area contributed by atoms with Crippen molar-refractivity contribution in [1.29, 1.82) is 0 Å². The van der Waals surface area contributed by atoms with Crippen LogP contribution in [0.15, 0.2) is 36.5 Å². The van der Waals surface area contributed by atoms with Gasteiger partial charge in [-0.3, -0.25) is 9.59 Å². The minimum atomic E-state index is -4.95. The first-order chi connectivity index (χ1) is 12.2. The fourth-order valence-electron chi connectivity index (χ4n) is 2.55. The Kier molecular flexibility index (Phi) is 4.57. The summed E-state index contributed by atoms with van der Waals surface area (Å²) in [5.74, 6) is -2.40. The summed E-state index contributed by atoms with van der Waals surface area (Å²) in [5.41, 5.74) is 2.31. The van der Waals surface area contributed by atoms with Crippen LogP contribution < -0.4 is 0 Å². The topological polar surface area (TPSA) is 54.7 Å². The zero-order chi connectivity index (χ0) is 19.1. The number of imidazole rings is 1. The van der Waals surface area contributed by atoms with Gasteiger partial charge in [-0.1, -0.05) is 6.07 Å². The smallest absolute Gasteiger partial charge is 0.335 e. The maximum Gasteiger partial charge on any atom is 0.455 e. The van der Waals surface area contributed by atoms with E-state index in [2.05, 4.69) is 4.98 Å². The Morgan fingerprint density at radius 3 is 2.58 bits per heavy atom. The molecule has 5 nitrogen and oxygen atoms in total. The lowest BCUT2D eigenvalue weighted by molar-refractivity contribution is -0.0882. The van der Waals surface area contributed by atoms with Crippen molar-refractivity contribution in [3.05, 3.63) is 57.7 Å². The standard InChI is InChI=1S/C17H14F3N3O2S/c1-10-11(23-8-4-3-5-14(23)21-10)9-22(2)16(25)13-7-6-12(26-13)15(24)17(18,19)20/h3-8H,9H2,1-2H3.